The second-order valence-corrected chi connectivity index (χ2v) is 10.8. The highest BCUT2D eigenvalue weighted by Crippen LogP contribution is 2.39. The number of amides is 1. The van der Waals surface area contributed by atoms with Gasteiger partial charge < -0.3 is 20.5 Å². The molecule has 9 heteroatoms. The van der Waals surface area contributed by atoms with E-state index in [9.17, 15) is 9.18 Å². The standard InChI is InChI=1S/C29H39FN6O2/c1-29(2,3)26(36(20-24(30)18-31)28(37)38-35-16-14-32-15-17-35)27-33-25(23-12-8-5-9-13-23)21-34(27)19-22-10-6-4-7-11-22/h4-13,21,24,26,32H,14-20,31H2,1-3H3/t24-,26-/m0/s1. The maximum absolute atomic E-state index is 14.9. The van der Waals surface area contributed by atoms with Crippen molar-refractivity contribution in [3.63, 3.8) is 0 Å². The van der Waals surface area contributed by atoms with E-state index in [-0.39, 0.29) is 13.1 Å². The van der Waals surface area contributed by atoms with Crippen molar-refractivity contribution in [3.05, 3.63) is 78.2 Å². The van der Waals surface area contributed by atoms with Crippen molar-refractivity contribution in [2.45, 2.75) is 39.5 Å². The summed E-state index contributed by atoms with van der Waals surface area (Å²) in [5.74, 6) is 0.668. The van der Waals surface area contributed by atoms with Crippen molar-refractivity contribution in [2.24, 2.45) is 11.1 Å². The number of imidazole rings is 1. The first kappa shape index (κ1) is 27.8. The van der Waals surface area contributed by atoms with Gasteiger partial charge in [0, 0.05) is 51.0 Å². The third kappa shape index (κ3) is 6.98. The van der Waals surface area contributed by atoms with Crippen LogP contribution in [-0.4, -0.2) is 71.0 Å². The zero-order valence-corrected chi connectivity index (χ0v) is 22.5. The van der Waals surface area contributed by atoms with E-state index in [2.05, 4.69) is 22.0 Å². The number of rotatable bonds is 9. The molecule has 1 saturated heterocycles. The molecule has 1 aromatic heterocycles. The Bertz CT molecular complexity index is 1160. The van der Waals surface area contributed by atoms with E-state index >= 15 is 0 Å². The van der Waals surface area contributed by atoms with E-state index in [1.165, 1.54) is 4.90 Å². The van der Waals surface area contributed by atoms with Crippen LogP contribution >= 0.6 is 0 Å². The number of benzene rings is 2. The Morgan fingerprint density at radius 3 is 2.34 bits per heavy atom. The number of hydrogen-bond donors (Lipinski definition) is 2. The largest absolute Gasteiger partial charge is 0.429 e. The van der Waals surface area contributed by atoms with Gasteiger partial charge in [0.1, 0.15) is 12.0 Å². The molecule has 0 radical (unpaired) electrons. The number of nitrogens with two attached hydrogens (primary N) is 1. The maximum atomic E-state index is 14.9. The number of nitrogens with zero attached hydrogens (tertiary/aromatic N) is 4. The van der Waals surface area contributed by atoms with Gasteiger partial charge in [-0.25, -0.2) is 14.2 Å². The highest BCUT2D eigenvalue weighted by Gasteiger charge is 2.41. The first-order valence-corrected chi connectivity index (χ1v) is 13.2. The lowest BCUT2D eigenvalue weighted by atomic mass is 9.84. The second kappa shape index (κ2) is 12.5. The van der Waals surface area contributed by atoms with Crippen LogP contribution in [0.5, 0.6) is 0 Å². The monoisotopic (exact) mass is 522 g/mol. The lowest BCUT2D eigenvalue weighted by Gasteiger charge is -2.40. The Kier molecular flexibility index (Phi) is 9.14. The van der Waals surface area contributed by atoms with Crippen molar-refractivity contribution in [1.29, 1.82) is 0 Å². The minimum atomic E-state index is -1.40. The average molecular weight is 523 g/mol. The lowest BCUT2D eigenvalue weighted by Crippen LogP contribution is -2.50. The number of nitrogens with one attached hydrogen (secondary N) is 1. The van der Waals surface area contributed by atoms with Crippen LogP contribution in [0.4, 0.5) is 9.18 Å². The topological polar surface area (TPSA) is 88.7 Å². The van der Waals surface area contributed by atoms with Gasteiger partial charge in [0.2, 0.25) is 0 Å². The fourth-order valence-corrected chi connectivity index (χ4v) is 4.77. The van der Waals surface area contributed by atoms with E-state index in [1.54, 1.807) is 5.06 Å². The van der Waals surface area contributed by atoms with Gasteiger partial charge in [0.25, 0.3) is 0 Å². The molecular weight excluding hydrogens is 483 g/mol. The second-order valence-electron chi connectivity index (χ2n) is 10.8. The summed E-state index contributed by atoms with van der Waals surface area (Å²) in [5.41, 5.74) is 8.03. The van der Waals surface area contributed by atoms with Crippen molar-refractivity contribution < 1.29 is 14.0 Å². The molecule has 3 N–H and O–H groups in total. The van der Waals surface area contributed by atoms with Crippen LogP contribution in [0.3, 0.4) is 0 Å². The molecule has 1 aliphatic heterocycles. The third-order valence-corrected chi connectivity index (χ3v) is 6.62. The molecule has 2 atom stereocenters. The summed E-state index contributed by atoms with van der Waals surface area (Å²) in [6, 6.07) is 19.4. The molecule has 2 aromatic carbocycles. The van der Waals surface area contributed by atoms with E-state index in [0.29, 0.717) is 38.5 Å². The molecule has 1 fully saturated rings. The fraction of sp³-hybridized carbons (Fsp3) is 0.448. The van der Waals surface area contributed by atoms with Crippen LogP contribution in [0.25, 0.3) is 11.3 Å². The number of carbonyl (C=O) groups excluding carboxylic acids is 1. The predicted octanol–water partition coefficient (Wildman–Crippen LogP) is 4.24. The molecule has 0 saturated carbocycles. The van der Waals surface area contributed by atoms with Gasteiger partial charge in [-0.15, -0.1) is 5.06 Å². The minimum absolute atomic E-state index is 0.192. The number of alkyl halides is 1. The van der Waals surface area contributed by atoms with Gasteiger partial charge in [0.05, 0.1) is 18.3 Å². The van der Waals surface area contributed by atoms with E-state index in [1.807, 2.05) is 75.5 Å². The Hall–Kier alpha value is -3.27. The smallest absolute Gasteiger partial charge is 0.351 e. The first-order chi connectivity index (χ1) is 18.3. The van der Waals surface area contributed by atoms with Crippen LogP contribution in [0, 0.1) is 5.41 Å². The van der Waals surface area contributed by atoms with Gasteiger partial charge in [-0.1, -0.05) is 81.4 Å². The Labute approximate surface area is 224 Å². The number of piperazine rings is 1. The molecule has 1 amide bonds. The highest BCUT2D eigenvalue weighted by atomic mass is 19.1. The van der Waals surface area contributed by atoms with Gasteiger partial charge in [-0.2, -0.15) is 0 Å². The Balaban J connectivity index is 1.78. The highest BCUT2D eigenvalue weighted by molar-refractivity contribution is 5.68. The summed E-state index contributed by atoms with van der Waals surface area (Å²) in [7, 11) is 0. The van der Waals surface area contributed by atoms with Gasteiger partial charge in [-0.05, 0) is 11.0 Å². The molecule has 3 aromatic rings. The Morgan fingerprint density at radius 1 is 1.11 bits per heavy atom. The molecule has 204 valence electrons. The summed E-state index contributed by atoms with van der Waals surface area (Å²) in [6.07, 6.45) is 0.00604. The predicted molar refractivity (Wildman–Crippen MR) is 147 cm³/mol. The fourth-order valence-electron chi connectivity index (χ4n) is 4.77. The molecular formula is C29H39FN6O2. The van der Waals surface area contributed by atoms with Crippen LogP contribution in [-0.2, 0) is 11.4 Å². The summed E-state index contributed by atoms with van der Waals surface area (Å²) in [6.45, 7) is 8.82. The molecule has 1 aliphatic rings. The number of hydrogen-bond acceptors (Lipinski definition) is 6. The van der Waals surface area contributed by atoms with E-state index in [4.69, 9.17) is 15.6 Å². The zero-order chi connectivity index (χ0) is 27.1. The lowest BCUT2D eigenvalue weighted by molar-refractivity contribution is -0.126. The average Bonchev–Trinajstić information content (AvgIpc) is 3.32. The van der Waals surface area contributed by atoms with Crippen molar-refractivity contribution in [3.8, 4) is 11.3 Å². The Morgan fingerprint density at radius 2 is 1.74 bits per heavy atom. The normalized spacial score (nSPS) is 16.1. The van der Waals surface area contributed by atoms with Gasteiger partial charge >= 0.3 is 6.09 Å². The molecule has 38 heavy (non-hydrogen) atoms. The SMILES string of the molecule is CC(C)(C)[C@H](c1nc(-c2ccccc2)cn1Cc1ccccc1)N(C[C@@H](F)CN)C(=O)ON1CCNCC1. The molecule has 4 rings (SSSR count). The van der Waals surface area contributed by atoms with Crippen LogP contribution in [0.15, 0.2) is 66.9 Å². The number of hydroxylamine groups is 2. The molecule has 8 nitrogen and oxygen atoms in total. The molecule has 0 bridgehead atoms. The zero-order valence-electron chi connectivity index (χ0n) is 22.5. The summed E-state index contributed by atoms with van der Waals surface area (Å²) in [5, 5.41) is 4.88. The van der Waals surface area contributed by atoms with Crippen LogP contribution in [0.1, 0.15) is 38.2 Å². The summed E-state index contributed by atoms with van der Waals surface area (Å²) < 4.78 is 16.9. The maximum Gasteiger partial charge on any atom is 0.429 e. The van der Waals surface area contributed by atoms with E-state index in [0.717, 1.165) is 16.8 Å². The number of aromatic nitrogens is 2. The summed E-state index contributed by atoms with van der Waals surface area (Å²) >= 11 is 0. The van der Waals surface area contributed by atoms with Crippen molar-refractivity contribution >= 4 is 6.09 Å². The summed E-state index contributed by atoms with van der Waals surface area (Å²) in [4.78, 5) is 26.0. The first-order valence-electron chi connectivity index (χ1n) is 13.2. The number of halogens is 1. The van der Waals surface area contributed by atoms with Crippen molar-refractivity contribution in [2.75, 3.05) is 39.3 Å². The van der Waals surface area contributed by atoms with Crippen LogP contribution < -0.4 is 11.1 Å². The molecule has 0 unspecified atom stereocenters. The van der Waals surface area contributed by atoms with Gasteiger partial charge in [-0.3, -0.25) is 4.90 Å². The molecule has 0 spiro atoms. The third-order valence-electron chi connectivity index (χ3n) is 6.62. The minimum Gasteiger partial charge on any atom is -0.351 e. The number of carbonyl (C=O) groups is 1. The molecule has 0 aliphatic carbocycles. The molecule has 2 heterocycles. The quantitative estimate of drug-likeness (QED) is 0.437. The van der Waals surface area contributed by atoms with Gasteiger partial charge in [0.15, 0.2) is 0 Å². The van der Waals surface area contributed by atoms with Crippen molar-refractivity contribution in [1.82, 2.24) is 24.8 Å². The van der Waals surface area contributed by atoms with E-state index < -0.39 is 23.7 Å². The van der Waals surface area contributed by atoms with Crippen LogP contribution in [0.2, 0.25) is 0 Å².